The molecule has 0 aromatic rings. The third kappa shape index (κ3) is 7.37. The number of hydrogen-bond donors (Lipinski definition) is 1. The highest BCUT2D eigenvalue weighted by Gasteiger charge is 2.16. The minimum atomic E-state index is -0.0423. The van der Waals surface area contributed by atoms with E-state index in [1.165, 1.54) is 0 Å². The summed E-state index contributed by atoms with van der Waals surface area (Å²) in [7, 11) is 0. The molecule has 0 aliphatic carbocycles. The van der Waals surface area contributed by atoms with E-state index in [1.54, 1.807) is 0 Å². The smallest absolute Gasteiger partial charge is 0.224 e. The van der Waals surface area contributed by atoms with Gasteiger partial charge in [-0.05, 0) is 18.8 Å². The molecule has 90 valence electrons. The number of carbonyl (C=O) groups is 1. The van der Waals surface area contributed by atoms with Crippen LogP contribution in [0.3, 0.4) is 0 Å². The number of amides is 1. The first-order valence-electron chi connectivity index (χ1n) is 5.86. The van der Waals surface area contributed by atoms with Gasteiger partial charge in [-0.25, -0.2) is 0 Å². The molecule has 0 spiro atoms. The second-order valence-corrected chi connectivity index (χ2v) is 5.27. The maximum atomic E-state index is 11.9. The zero-order chi connectivity index (χ0) is 12.0. The van der Waals surface area contributed by atoms with E-state index in [-0.39, 0.29) is 11.9 Å². The van der Waals surface area contributed by atoms with Crippen LogP contribution in [0.25, 0.3) is 0 Å². The largest absolute Gasteiger partial charge is 0.342 e. The highest BCUT2D eigenvalue weighted by atomic mass is 16.2. The summed E-state index contributed by atoms with van der Waals surface area (Å²) in [5.41, 5.74) is 5.65. The van der Waals surface area contributed by atoms with E-state index < -0.39 is 0 Å². The average Bonchev–Trinajstić information content (AvgIpc) is 1.99. The Hall–Kier alpha value is -0.570. The van der Waals surface area contributed by atoms with Crippen molar-refractivity contribution in [2.45, 2.75) is 47.1 Å². The monoisotopic (exact) mass is 214 g/mol. The molecule has 0 fully saturated rings. The summed E-state index contributed by atoms with van der Waals surface area (Å²) < 4.78 is 0. The number of rotatable bonds is 6. The van der Waals surface area contributed by atoms with Crippen molar-refractivity contribution >= 4 is 5.91 Å². The van der Waals surface area contributed by atoms with E-state index in [9.17, 15) is 4.79 Å². The molecule has 0 aromatic heterocycles. The first kappa shape index (κ1) is 14.4. The lowest BCUT2D eigenvalue weighted by molar-refractivity contribution is -0.132. The van der Waals surface area contributed by atoms with Crippen molar-refractivity contribution < 1.29 is 4.79 Å². The molecule has 1 unspecified atom stereocenters. The van der Waals surface area contributed by atoms with Crippen LogP contribution in [0.2, 0.25) is 0 Å². The highest BCUT2D eigenvalue weighted by molar-refractivity contribution is 5.76. The van der Waals surface area contributed by atoms with Gasteiger partial charge in [0.15, 0.2) is 0 Å². The fraction of sp³-hybridized carbons (Fsp3) is 0.917. The van der Waals surface area contributed by atoms with Gasteiger partial charge in [0.25, 0.3) is 0 Å². The lowest BCUT2D eigenvalue weighted by atomic mass is 10.1. The lowest BCUT2D eigenvalue weighted by Gasteiger charge is -2.27. The zero-order valence-electron chi connectivity index (χ0n) is 10.8. The van der Waals surface area contributed by atoms with Gasteiger partial charge in [-0.2, -0.15) is 0 Å². The van der Waals surface area contributed by atoms with Crippen LogP contribution in [0.5, 0.6) is 0 Å². The van der Waals surface area contributed by atoms with Crippen LogP contribution < -0.4 is 5.73 Å². The molecule has 0 bridgehead atoms. The Bertz CT molecular complexity index is 178. The van der Waals surface area contributed by atoms with E-state index in [2.05, 4.69) is 27.7 Å². The van der Waals surface area contributed by atoms with Crippen LogP contribution in [0.15, 0.2) is 0 Å². The summed E-state index contributed by atoms with van der Waals surface area (Å²) in [5, 5.41) is 0. The van der Waals surface area contributed by atoms with Crippen molar-refractivity contribution in [1.29, 1.82) is 0 Å². The maximum absolute atomic E-state index is 11.9. The zero-order valence-corrected chi connectivity index (χ0v) is 10.8. The normalized spacial score (nSPS) is 13.3. The molecular weight excluding hydrogens is 188 g/mol. The summed E-state index contributed by atoms with van der Waals surface area (Å²) in [6.07, 6.45) is 0.458. The van der Waals surface area contributed by atoms with Crippen molar-refractivity contribution in [3.63, 3.8) is 0 Å². The van der Waals surface area contributed by atoms with Crippen LogP contribution >= 0.6 is 0 Å². The van der Waals surface area contributed by atoms with Gasteiger partial charge in [-0.3, -0.25) is 4.79 Å². The third-order valence-electron chi connectivity index (χ3n) is 2.02. The average molecular weight is 214 g/mol. The SMILES string of the molecule is CC(C)CN(CC(C)C)C(=O)CC(C)N. The molecule has 1 atom stereocenters. The predicted molar refractivity (Wildman–Crippen MR) is 64.5 cm³/mol. The molecule has 3 heteroatoms. The maximum Gasteiger partial charge on any atom is 0.224 e. The van der Waals surface area contributed by atoms with Gasteiger partial charge in [-0.15, -0.1) is 0 Å². The van der Waals surface area contributed by atoms with Gasteiger partial charge in [-0.1, -0.05) is 27.7 Å². The molecule has 0 aliphatic heterocycles. The van der Waals surface area contributed by atoms with Crippen molar-refractivity contribution in [2.24, 2.45) is 17.6 Å². The molecule has 1 amide bonds. The van der Waals surface area contributed by atoms with Crippen LogP contribution in [0, 0.1) is 11.8 Å². The summed E-state index contributed by atoms with van der Waals surface area (Å²) in [4.78, 5) is 13.8. The van der Waals surface area contributed by atoms with Gasteiger partial charge >= 0.3 is 0 Å². The second-order valence-electron chi connectivity index (χ2n) is 5.27. The highest BCUT2D eigenvalue weighted by Crippen LogP contribution is 2.06. The van der Waals surface area contributed by atoms with Gasteiger partial charge < -0.3 is 10.6 Å². The van der Waals surface area contributed by atoms with Crippen LogP contribution in [0.1, 0.15) is 41.0 Å². The summed E-state index contributed by atoms with van der Waals surface area (Å²) in [5.74, 6) is 1.22. The molecule has 0 aromatic carbocycles. The molecule has 3 nitrogen and oxygen atoms in total. The first-order valence-corrected chi connectivity index (χ1v) is 5.86. The van der Waals surface area contributed by atoms with Crippen LogP contribution in [-0.2, 0) is 4.79 Å². The summed E-state index contributed by atoms with van der Waals surface area (Å²) >= 11 is 0. The molecule has 0 rings (SSSR count). The Balaban J connectivity index is 4.27. The van der Waals surface area contributed by atoms with E-state index in [1.807, 2.05) is 11.8 Å². The van der Waals surface area contributed by atoms with Crippen molar-refractivity contribution in [3.05, 3.63) is 0 Å². The Labute approximate surface area is 94.0 Å². The van der Waals surface area contributed by atoms with E-state index in [4.69, 9.17) is 5.73 Å². The van der Waals surface area contributed by atoms with Crippen molar-refractivity contribution in [1.82, 2.24) is 4.90 Å². The minimum absolute atomic E-state index is 0.0423. The molecule has 0 saturated heterocycles. The van der Waals surface area contributed by atoms with Gasteiger partial charge in [0.05, 0.1) is 0 Å². The molecule has 2 N–H and O–H groups in total. The fourth-order valence-electron chi connectivity index (χ4n) is 1.56. The Kier molecular flexibility index (Phi) is 6.57. The molecular formula is C12H26N2O. The Morgan fingerprint density at radius 3 is 1.73 bits per heavy atom. The predicted octanol–water partition coefficient (Wildman–Crippen LogP) is 1.86. The standard InChI is InChI=1S/C12H26N2O/c1-9(2)7-14(8-10(3)4)12(15)6-11(5)13/h9-11H,6-8,13H2,1-5H3. The van der Waals surface area contributed by atoms with E-state index in [0.29, 0.717) is 18.3 Å². The Morgan fingerprint density at radius 2 is 1.47 bits per heavy atom. The first-order chi connectivity index (χ1) is 6.82. The molecule has 0 aliphatic rings. The number of nitrogens with two attached hydrogens (primary N) is 1. The second kappa shape index (κ2) is 6.83. The molecule has 0 saturated carbocycles. The van der Waals surface area contributed by atoms with Gasteiger partial charge in [0, 0.05) is 25.6 Å². The number of hydrogen-bond acceptors (Lipinski definition) is 2. The number of carbonyl (C=O) groups excluding carboxylic acids is 1. The van der Waals surface area contributed by atoms with Crippen molar-refractivity contribution in [3.8, 4) is 0 Å². The van der Waals surface area contributed by atoms with Gasteiger partial charge in [0.2, 0.25) is 5.91 Å². The van der Waals surface area contributed by atoms with Crippen LogP contribution in [-0.4, -0.2) is 29.9 Å². The minimum Gasteiger partial charge on any atom is -0.342 e. The summed E-state index contributed by atoms with van der Waals surface area (Å²) in [6, 6.07) is -0.0423. The molecule has 15 heavy (non-hydrogen) atoms. The van der Waals surface area contributed by atoms with Crippen molar-refractivity contribution in [2.75, 3.05) is 13.1 Å². The van der Waals surface area contributed by atoms with E-state index in [0.717, 1.165) is 13.1 Å². The van der Waals surface area contributed by atoms with Crippen LogP contribution in [0.4, 0.5) is 0 Å². The Morgan fingerprint density at radius 1 is 1.07 bits per heavy atom. The van der Waals surface area contributed by atoms with Gasteiger partial charge in [0.1, 0.15) is 0 Å². The fourth-order valence-corrected chi connectivity index (χ4v) is 1.56. The topological polar surface area (TPSA) is 46.3 Å². The molecule has 0 heterocycles. The van der Waals surface area contributed by atoms with E-state index >= 15 is 0 Å². The summed E-state index contributed by atoms with van der Waals surface area (Å²) in [6.45, 7) is 12.1. The quantitative estimate of drug-likeness (QED) is 0.733. The number of nitrogens with zero attached hydrogens (tertiary/aromatic N) is 1. The lowest BCUT2D eigenvalue weighted by Crippen LogP contribution is -2.39. The third-order valence-corrected chi connectivity index (χ3v) is 2.02. The molecule has 0 radical (unpaired) electrons.